The van der Waals surface area contributed by atoms with Crippen molar-refractivity contribution < 1.29 is 27.5 Å². The van der Waals surface area contributed by atoms with Gasteiger partial charge in [0, 0.05) is 25.0 Å². The highest BCUT2D eigenvalue weighted by Gasteiger charge is 2.49. The fourth-order valence-electron chi connectivity index (χ4n) is 4.70. The van der Waals surface area contributed by atoms with E-state index in [1.54, 1.807) is 6.92 Å². The van der Waals surface area contributed by atoms with E-state index in [-0.39, 0.29) is 42.2 Å². The molecule has 0 bridgehead atoms. The number of alkyl halides is 3. The van der Waals surface area contributed by atoms with Crippen molar-refractivity contribution in [1.82, 2.24) is 14.7 Å². The third-order valence-electron chi connectivity index (χ3n) is 6.53. The van der Waals surface area contributed by atoms with E-state index in [0.717, 1.165) is 30.1 Å². The van der Waals surface area contributed by atoms with Gasteiger partial charge in [-0.05, 0) is 44.4 Å². The second kappa shape index (κ2) is 7.77. The molecule has 3 heterocycles. The molecule has 0 unspecified atom stereocenters. The molecular formula is C20H27F3N4O3. The van der Waals surface area contributed by atoms with Crippen LogP contribution in [-0.4, -0.2) is 58.5 Å². The Morgan fingerprint density at radius 3 is 2.70 bits per heavy atom. The van der Waals surface area contributed by atoms with Gasteiger partial charge < -0.3 is 15.0 Å². The molecule has 3 aliphatic rings. The van der Waals surface area contributed by atoms with Crippen LogP contribution in [0.3, 0.4) is 0 Å². The summed E-state index contributed by atoms with van der Waals surface area (Å²) in [6.45, 7) is 4.89. The van der Waals surface area contributed by atoms with E-state index < -0.39 is 24.2 Å². The number of likely N-dealkylation sites (tertiary alicyclic amines) is 1. The molecule has 1 amide bonds. The lowest BCUT2D eigenvalue weighted by atomic mass is 9.85. The van der Waals surface area contributed by atoms with Crippen molar-refractivity contribution >= 4 is 17.7 Å². The monoisotopic (exact) mass is 428 g/mol. The quantitative estimate of drug-likeness (QED) is 0.745. The standard InChI is InChI=1S/C20H27F3N4O3/c1-3-30-19(29)14-9-24-27-16(20(21,22)23)8-15(25-17(14)27)12-5-4-6-26(10-12)18(28)13-7-11(13)2/h9,11-13,15-16,25H,3-8,10H2,1-2H3/t11-,12-,13-,15+,16-/m1/s1. The fourth-order valence-corrected chi connectivity index (χ4v) is 4.70. The first-order chi connectivity index (χ1) is 14.2. The van der Waals surface area contributed by atoms with Crippen LogP contribution in [0.2, 0.25) is 0 Å². The fraction of sp³-hybridized carbons (Fsp3) is 0.750. The van der Waals surface area contributed by atoms with E-state index in [9.17, 15) is 22.8 Å². The minimum absolute atomic E-state index is 0.00588. The first-order valence-electron chi connectivity index (χ1n) is 10.6. The number of piperidine rings is 1. The molecule has 1 aromatic heterocycles. The summed E-state index contributed by atoms with van der Waals surface area (Å²) in [5.41, 5.74) is 0.00588. The number of anilines is 1. The Balaban J connectivity index is 1.57. The number of nitrogens with one attached hydrogen (secondary N) is 1. The Labute approximate surface area is 172 Å². The lowest BCUT2D eigenvalue weighted by Crippen LogP contribution is -2.49. The predicted octanol–water partition coefficient (Wildman–Crippen LogP) is 3.24. The number of rotatable bonds is 4. The second-order valence-corrected chi connectivity index (χ2v) is 8.62. The molecule has 0 aromatic carbocycles. The summed E-state index contributed by atoms with van der Waals surface area (Å²) in [6.07, 6.45) is -1.17. The molecule has 1 N–H and O–H groups in total. The highest BCUT2D eigenvalue weighted by atomic mass is 19.4. The van der Waals surface area contributed by atoms with Crippen LogP contribution in [0, 0.1) is 17.8 Å². The molecule has 1 saturated carbocycles. The van der Waals surface area contributed by atoms with Gasteiger partial charge in [0.05, 0.1) is 12.8 Å². The maximum absolute atomic E-state index is 13.8. The molecule has 2 aliphatic heterocycles. The van der Waals surface area contributed by atoms with Gasteiger partial charge in [0.1, 0.15) is 11.4 Å². The summed E-state index contributed by atoms with van der Waals surface area (Å²) in [5.74, 6) is -0.208. The normalized spacial score (nSPS) is 31.0. The maximum Gasteiger partial charge on any atom is 0.410 e. The zero-order valence-corrected chi connectivity index (χ0v) is 17.1. The molecule has 1 aromatic rings. The van der Waals surface area contributed by atoms with Crippen molar-refractivity contribution in [2.24, 2.45) is 17.8 Å². The molecule has 1 saturated heterocycles. The number of esters is 1. The molecule has 30 heavy (non-hydrogen) atoms. The number of aromatic nitrogens is 2. The highest BCUT2D eigenvalue weighted by Crippen LogP contribution is 2.44. The van der Waals surface area contributed by atoms with E-state index >= 15 is 0 Å². The average molecular weight is 428 g/mol. The summed E-state index contributed by atoms with van der Waals surface area (Å²) in [6, 6.07) is -2.34. The number of carbonyl (C=O) groups excluding carboxylic acids is 2. The number of nitrogens with zero attached hydrogens (tertiary/aromatic N) is 3. The van der Waals surface area contributed by atoms with Gasteiger partial charge in [0.25, 0.3) is 0 Å². The minimum atomic E-state index is -4.50. The van der Waals surface area contributed by atoms with Crippen molar-refractivity contribution in [3.05, 3.63) is 11.8 Å². The number of hydrogen-bond donors (Lipinski definition) is 1. The van der Waals surface area contributed by atoms with E-state index in [4.69, 9.17) is 4.74 Å². The maximum atomic E-state index is 13.8. The number of halogens is 3. The Morgan fingerprint density at radius 1 is 1.33 bits per heavy atom. The zero-order valence-electron chi connectivity index (χ0n) is 17.1. The molecule has 166 valence electrons. The van der Waals surface area contributed by atoms with Crippen LogP contribution in [0.1, 0.15) is 55.9 Å². The number of fused-ring (bicyclic) bond motifs is 1. The molecule has 0 radical (unpaired) electrons. The van der Waals surface area contributed by atoms with Gasteiger partial charge in [-0.2, -0.15) is 18.3 Å². The Bertz CT molecular complexity index is 825. The summed E-state index contributed by atoms with van der Waals surface area (Å²) < 4.78 is 47.3. The van der Waals surface area contributed by atoms with E-state index in [0.29, 0.717) is 19.0 Å². The van der Waals surface area contributed by atoms with Crippen molar-refractivity contribution in [3.63, 3.8) is 0 Å². The van der Waals surface area contributed by atoms with E-state index in [2.05, 4.69) is 10.4 Å². The third kappa shape index (κ3) is 3.88. The molecule has 4 rings (SSSR count). The smallest absolute Gasteiger partial charge is 0.410 e. The van der Waals surface area contributed by atoms with Crippen LogP contribution in [0.15, 0.2) is 6.20 Å². The van der Waals surface area contributed by atoms with Crippen LogP contribution in [-0.2, 0) is 9.53 Å². The molecule has 5 atom stereocenters. The van der Waals surface area contributed by atoms with Gasteiger partial charge in [0.2, 0.25) is 5.91 Å². The summed E-state index contributed by atoms with van der Waals surface area (Å²) in [5, 5.41) is 6.97. The molecule has 0 spiro atoms. The second-order valence-electron chi connectivity index (χ2n) is 8.62. The van der Waals surface area contributed by atoms with Gasteiger partial charge in [0.15, 0.2) is 6.04 Å². The van der Waals surface area contributed by atoms with Crippen molar-refractivity contribution in [1.29, 1.82) is 0 Å². The predicted molar refractivity (Wildman–Crippen MR) is 102 cm³/mol. The largest absolute Gasteiger partial charge is 0.462 e. The summed E-state index contributed by atoms with van der Waals surface area (Å²) >= 11 is 0. The number of amides is 1. The Kier molecular flexibility index (Phi) is 5.44. The van der Waals surface area contributed by atoms with Crippen LogP contribution >= 0.6 is 0 Å². The van der Waals surface area contributed by atoms with Crippen molar-refractivity contribution in [2.75, 3.05) is 25.0 Å². The third-order valence-corrected chi connectivity index (χ3v) is 6.53. The first-order valence-corrected chi connectivity index (χ1v) is 10.6. The summed E-state index contributed by atoms with van der Waals surface area (Å²) in [7, 11) is 0. The Morgan fingerprint density at radius 2 is 2.07 bits per heavy atom. The van der Waals surface area contributed by atoms with Gasteiger partial charge >= 0.3 is 12.1 Å². The first kappa shape index (κ1) is 21.0. The average Bonchev–Trinajstić information content (AvgIpc) is 3.28. The number of ether oxygens (including phenoxy) is 1. The molecule has 7 nitrogen and oxygen atoms in total. The lowest BCUT2D eigenvalue weighted by molar-refractivity contribution is -0.175. The topological polar surface area (TPSA) is 76.5 Å². The highest BCUT2D eigenvalue weighted by molar-refractivity contribution is 5.94. The van der Waals surface area contributed by atoms with E-state index in [1.807, 2.05) is 11.8 Å². The van der Waals surface area contributed by atoms with Crippen LogP contribution < -0.4 is 5.32 Å². The molecule has 1 aliphatic carbocycles. The van der Waals surface area contributed by atoms with Gasteiger partial charge in [-0.15, -0.1) is 0 Å². The number of carbonyl (C=O) groups is 2. The molecule has 10 heteroatoms. The SMILES string of the molecule is CCOC(=O)c1cnn2c1N[C@H]([C@@H]1CCCN(C(=O)[C@@H]3C[C@H]3C)C1)C[C@@H]2C(F)(F)F. The lowest BCUT2D eigenvalue weighted by Gasteiger charge is -2.41. The van der Waals surface area contributed by atoms with E-state index in [1.165, 1.54) is 0 Å². The molecule has 2 fully saturated rings. The van der Waals surface area contributed by atoms with Gasteiger partial charge in [-0.3, -0.25) is 4.79 Å². The van der Waals surface area contributed by atoms with Gasteiger partial charge in [-0.25, -0.2) is 9.48 Å². The molecular weight excluding hydrogens is 401 g/mol. The van der Waals surface area contributed by atoms with Gasteiger partial charge in [-0.1, -0.05) is 6.92 Å². The van der Waals surface area contributed by atoms with Crippen LogP contribution in [0.4, 0.5) is 19.0 Å². The zero-order chi connectivity index (χ0) is 21.6. The van der Waals surface area contributed by atoms with Crippen LogP contribution in [0.5, 0.6) is 0 Å². The van der Waals surface area contributed by atoms with Crippen LogP contribution in [0.25, 0.3) is 0 Å². The van der Waals surface area contributed by atoms with Crippen molar-refractivity contribution in [2.45, 2.75) is 57.8 Å². The minimum Gasteiger partial charge on any atom is -0.462 e. The Hall–Kier alpha value is -2.26. The summed E-state index contributed by atoms with van der Waals surface area (Å²) in [4.78, 5) is 26.7. The van der Waals surface area contributed by atoms with Crippen molar-refractivity contribution in [3.8, 4) is 0 Å². The number of hydrogen-bond acceptors (Lipinski definition) is 5.